The number of phenols is 1. The highest BCUT2D eigenvalue weighted by Gasteiger charge is 2.35. The van der Waals surface area contributed by atoms with Crippen LogP contribution in [0.1, 0.15) is 43.4 Å². The molecule has 1 saturated heterocycles. The number of Topliss-reactive ketones (excluding diaryl/α,β-unsaturated/α-hetero) is 1. The number of carbonyl (C=O) groups excluding carboxylic acids is 1. The zero-order valence-electron chi connectivity index (χ0n) is 19.8. The molecule has 0 radical (unpaired) electrons. The van der Waals surface area contributed by atoms with E-state index in [0.717, 1.165) is 40.9 Å². The van der Waals surface area contributed by atoms with Gasteiger partial charge in [0.2, 0.25) is 0 Å². The molecule has 2 aliphatic rings. The third-order valence-corrected chi connectivity index (χ3v) is 6.56. The Morgan fingerprint density at radius 3 is 2.18 bits per heavy atom. The van der Waals surface area contributed by atoms with Crippen LogP contribution in [0, 0.1) is 0 Å². The van der Waals surface area contributed by atoms with E-state index in [1.165, 1.54) is 18.5 Å². The van der Waals surface area contributed by atoms with Crippen LogP contribution in [0.25, 0.3) is 12.2 Å². The van der Waals surface area contributed by atoms with Crippen molar-refractivity contribution in [2.45, 2.75) is 39.2 Å². The second kappa shape index (κ2) is 10.2. The van der Waals surface area contributed by atoms with Crippen molar-refractivity contribution in [3.8, 4) is 5.75 Å². The van der Waals surface area contributed by atoms with Crippen LogP contribution in [-0.2, 0) is 11.2 Å². The molecule has 33 heavy (non-hydrogen) atoms. The van der Waals surface area contributed by atoms with Crippen molar-refractivity contribution >= 4 is 23.6 Å². The van der Waals surface area contributed by atoms with Gasteiger partial charge in [-0.1, -0.05) is 24.3 Å². The van der Waals surface area contributed by atoms with Gasteiger partial charge in [0, 0.05) is 49.1 Å². The van der Waals surface area contributed by atoms with Crippen molar-refractivity contribution < 1.29 is 9.90 Å². The van der Waals surface area contributed by atoms with Gasteiger partial charge in [-0.05, 0) is 86.2 Å². The third kappa shape index (κ3) is 5.45. The molecule has 1 N–H and O–H groups in total. The number of anilines is 1. The van der Waals surface area contributed by atoms with Gasteiger partial charge in [0.05, 0.1) is 0 Å². The Labute approximate surface area is 197 Å². The number of nitrogens with zero attached hydrogens (tertiary/aromatic N) is 2. The predicted octanol–water partition coefficient (Wildman–Crippen LogP) is 5.48. The first-order valence-corrected chi connectivity index (χ1v) is 12.0. The Bertz CT molecular complexity index is 1070. The summed E-state index contributed by atoms with van der Waals surface area (Å²) in [6.45, 7) is 11.4. The minimum absolute atomic E-state index is 0.123. The van der Waals surface area contributed by atoms with E-state index in [-0.39, 0.29) is 11.5 Å². The van der Waals surface area contributed by atoms with Crippen LogP contribution in [0.2, 0.25) is 0 Å². The average Bonchev–Trinajstić information content (AvgIpc) is 3.66. The van der Waals surface area contributed by atoms with E-state index >= 15 is 0 Å². The van der Waals surface area contributed by atoms with E-state index in [1.807, 2.05) is 18.2 Å². The van der Waals surface area contributed by atoms with Crippen LogP contribution in [0.15, 0.2) is 66.3 Å². The molecule has 4 heteroatoms. The van der Waals surface area contributed by atoms with E-state index < -0.39 is 0 Å². The maximum absolute atomic E-state index is 13.4. The summed E-state index contributed by atoms with van der Waals surface area (Å²) in [7, 11) is 0. The molecule has 2 aromatic carbocycles. The first-order valence-electron chi connectivity index (χ1n) is 12.0. The second-order valence-corrected chi connectivity index (χ2v) is 8.95. The third-order valence-electron chi connectivity index (χ3n) is 6.56. The fourth-order valence-electron chi connectivity index (χ4n) is 4.55. The maximum Gasteiger partial charge on any atom is 0.187 e. The molecule has 2 aromatic rings. The quantitative estimate of drug-likeness (QED) is 0.434. The van der Waals surface area contributed by atoms with E-state index in [1.54, 1.807) is 12.1 Å². The van der Waals surface area contributed by atoms with Crippen LogP contribution in [0.5, 0.6) is 5.75 Å². The number of benzene rings is 2. The smallest absolute Gasteiger partial charge is 0.187 e. The Morgan fingerprint density at radius 2 is 1.61 bits per heavy atom. The Morgan fingerprint density at radius 1 is 1.00 bits per heavy atom. The summed E-state index contributed by atoms with van der Waals surface area (Å²) in [6, 6.07) is 14.6. The van der Waals surface area contributed by atoms with Crippen LogP contribution in [0.3, 0.4) is 0 Å². The number of allylic oxidation sites excluding steroid dienone is 1. The average molecular weight is 443 g/mol. The molecule has 4 nitrogen and oxygen atoms in total. The number of carbonyl (C=O) groups is 1. The molecule has 0 bridgehead atoms. The molecular formula is C29H34N2O2. The van der Waals surface area contributed by atoms with Crippen molar-refractivity contribution in [3.63, 3.8) is 0 Å². The lowest BCUT2D eigenvalue weighted by molar-refractivity contribution is -0.113. The Kier molecular flexibility index (Phi) is 7.14. The molecule has 0 spiro atoms. The van der Waals surface area contributed by atoms with Gasteiger partial charge >= 0.3 is 0 Å². The summed E-state index contributed by atoms with van der Waals surface area (Å²) in [4.78, 5) is 18.2. The summed E-state index contributed by atoms with van der Waals surface area (Å²) in [6.07, 6.45) is 8.82. The van der Waals surface area contributed by atoms with Crippen molar-refractivity contribution in [3.05, 3.63) is 83.0 Å². The zero-order chi connectivity index (χ0) is 23.4. The molecule has 0 unspecified atom stereocenters. The molecule has 172 valence electrons. The number of rotatable bonds is 8. The molecular weight excluding hydrogens is 408 g/mol. The molecule has 0 aromatic heterocycles. The van der Waals surface area contributed by atoms with Gasteiger partial charge in [-0.3, -0.25) is 9.69 Å². The lowest BCUT2D eigenvalue weighted by Gasteiger charge is -2.30. The van der Waals surface area contributed by atoms with Gasteiger partial charge in [-0.15, -0.1) is 6.58 Å². The number of hydrogen-bond acceptors (Lipinski definition) is 4. The minimum atomic E-state index is 0.123. The molecule has 1 aliphatic carbocycles. The van der Waals surface area contributed by atoms with Gasteiger partial charge in [-0.25, -0.2) is 0 Å². The summed E-state index contributed by atoms with van der Waals surface area (Å²) in [5, 5.41) is 10.1. The molecule has 0 amide bonds. The summed E-state index contributed by atoms with van der Waals surface area (Å²) in [5.41, 5.74) is 5.69. The van der Waals surface area contributed by atoms with Gasteiger partial charge in [-0.2, -0.15) is 0 Å². The standard InChI is InChI=1S/C29H34N2O2/c1-4-7-23-17-22(10-15-28(23)32)18-25-20-31(27-13-14-27)19-24(29(25)33)16-21-8-11-26(12-9-21)30(5-2)6-3/h4,8-12,15-18,27,32H,1,5-7,13-14,19-20H2,2-3H3/b24-16+,25-18+. The monoisotopic (exact) mass is 442 g/mol. The lowest BCUT2D eigenvalue weighted by Crippen LogP contribution is -2.39. The minimum Gasteiger partial charge on any atom is -0.508 e. The highest BCUT2D eigenvalue weighted by Crippen LogP contribution is 2.33. The SMILES string of the molecule is C=CCc1cc(/C=C2\CN(C3CC3)C/C(=C\c3ccc(N(CC)CC)cc3)C2=O)ccc1O. The summed E-state index contributed by atoms with van der Waals surface area (Å²) in [5.74, 6) is 0.387. The number of hydrogen-bond donors (Lipinski definition) is 1. The van der Waals surface area contributed by atoms with Crippen molar-refractivity contribution in [1.29, 1.82) is 0 Å². The zero-order valence-corrected chi connectivity index (χ0v) is 19.8. The maximum atomic E-state index is 13.4. The first-order chi connectivity index (χ1) is 16.0. The first kappa shape index (κ1) is 23.1. The number of likely N-dealkylation sites (tertiary alicyclic amines) is 1. The highest BCUT2D eigenvalue weighted by atomic mass is 16.3. The summed E-state index contributed by atoms with van der Waals surface area (Å²) >= 11 is 0. The second-order valence-electron chi connectivity index (χ2n) is 8.95. The fourth-order valence-corrected chi connectivity index (χ4v) is 4.55. The van der Waals surface area contributed by atoms with Gasteiger partial charge < -0.3 is 10.0 Å². The van der Waals surface area contributed by atoms with Crippen molar-refractivity contribution in [2.75, 3.05) is 31.1 Å². The van der Waals surface area contributed by atoms with Crippen molar-refractivity contribution in [2.24, 2.45) is 0 Å². The predicted molar refractivity (Wildman–Crippen MR) is 138 cm³/mol. The number of phenolic OH excluding ortho intramolecular Hbond substituents is 1. The van der Waals surface area contributed by atoms with Crippen LogP contribution in [0.4, 0.5) is 5.69 Å². The highest BCUT2D eigenvalue weighted by molar-refractivity contribution is 6.14. The molecule has 2 fully saturated rings. The molecule has 4 rings (SSSR count). The topological polar surface area (TPSA) is 43.8 Å². The Hall–Kier alpha value is -3.11. The van der Waals surface area contributed by atoms with E-state index in [9.17, 15) is 9.90 Å². The van der Waals surface area contributed by atoms with Gasteiger partial charge in [0.25, 0.3) is 0 Å². The van der Waals surface area contributed by atoms with Gasteiger partial charge in [0.15, 0.2) is 5.78 Å². The molecule has 1 heterocycles. The number of ketones is 1. The van der Waals surface area contributed by atoms with E-state index in [2.05, 4.69) is 60.6 Å². The van der Waals surface area contributed by atoms with E-state index in [0.29, 0.717) is 25.6 Å². The normalized spacial score (nSPS) is 19.3. The van der Waals surface area contributed by atoms with Crippen LogP contribution < -0.4 is 4.90 Å². The fraction of sp³-hybridized carbons (Fsp3) is 0.345. The lowest BCUT2D eigenvalue weighted by atomic mass is 9.93. The largest absolute Gasteiger partial charge is 0.508 e. The van der Waals surface area contributed by atoms with Crippen LogP contribution in [-0.4, -0.2) is 48.0 Å². The van der Waals surface area contributed by atoms with Gasteiger partial charge in [0.1, 0.15) is 5.75 Å². The number of aromatic hydroxyl groups is 1. The van der Waals surface area contributed by atoms with E-state index in [4.69, 9.17) is 0 Å². The molecule has 1 saturated carbocycles. The Balaban J connectivity index is 1.63. The molecule has 0 atom stereocenters. The van der Waals surface area contributed by atoms with Crippen LogP contribution >= 0.6 is 0 Å². The number of piperidine rings is 1. The summed E-state index contributed by atoms with van der Waals surface area (Å²) < 4.78 is 0. The molecule has 1 aliphatic heterocycles. The van der Waals surface area contributed by atoms with Crippen molar-refractivity contribution in [1.82, 2.24) is 4.90 Å².